The second kappa shape index (κ2) is 40.6. The zero-order valence-electron chi connectivity index (χ0n) is 74.1. The summed E-state index contributed by atoms with van der Waals surface area (Å²) >= 11 is 0. The summed E-state index contributed by atoms with van der Waals surface area (Å²) in [6.07, 6.45) is 15.5. The standard InChI is InChI=1S/C37H48F2N4O8S.C34H43F2N3O7.C9H16N2.C7H6N4O.C3H7NO2S/c1-22-32(41-28-12-8-7-11-27(28)40-22)50-25-17-29-30(44)20-36(34(47)42-52(48,49)26-13-14-26)18-24(36)19-37(38,39)15-9-5-6-10-23(33(46)43(29)21-25)16-31(45)51-35(2,3)4;1-20-29(38-25-12-8-7-11-24(25)37-20)45-23-15-26-27(40)18-33(31(43)44)16-22(33)17-34(35,36)13-9-5-6-10-21(30(42)39(26)19-23)14-28(41)46-32(2,3)4;1-2-5-9-10-6-4-8-11(9)7-3-1;12-7(10-3-1-8-5-10)11-4-2-9-6-11;4-7(5,6)3-1-2-3/h7-8,11-12,23-26,29H,5-6,9-10,13-21H2,1-4H3,(H,42,47);7-8,11-12,21-23,26H,5-6,9-10,13-19H2,1-4H3,(H,43,44);1-8H2;1-6H;3H,1-2H2,(H2,4,5,6)/t23-,24+,25-,29+,36-;21-,22+,23-,26+,33-;;;/m11.../s1. The van der Waals surface area contributed by atoms with Crippen LogP contribution in [0.5, 0.6) is 11.8 Å². The molecule has 6 aromatic rings. The molecular formula is C90H120F4N14O18S2. The van der Waals surface area contributed by atoms with Crippen molar-refractivity contribution >= 4 is 101 Å². The normalized spacial score (nSPS) is 26.4. The number of halogens is 4. The molecule has 10 aliphatic rings. The van der Waals surface area contributed by atoms with Crippen LogP contribution in [0.1, 0.15) is 239 Å². The van der Waals surface area contributed by atoms with Crippen molar-refractivity contribution in [3.8, 4) is 11.8 Å². The fraction of sp³-hybridized carbons (Fsp3) is 0.644. The summed E-state index contributed by atoms with van der Waals surface area (Å²) < 4.78 is 135. The monoisotopic (exact) mass is 1820 g/mol. The van der Waals surface area contributed by atoms with Gasteiger partial charge < -0.3 is 38.8 Å². The number of para-hydroxylation sites is 4. The van der Waals surface area contributed by atoms with Gasteiger partial charge in [-0.05, 0) is 175 Å². The Morgan fingerprint density at radius 3 is 1.41 bits per heavy atom. The van der Waals surface area contributed by atoms with Gasteiger partial charge in [0.15, 0.2) is 11.6 Å². The number of nitrogens with two attached hydrogens (primary N) is 1. The van der Waals surface area contributed by atoms with Crippen LogP contribution in [-0.2, 0) is 67.9 Å². The fourth-order valence-electron chi connectivity index (χ4n) is 17.8. The highest BCUT2D eigenvalue weighted by atomic mass is 32.2. The molecule has 6 aliphatic heterocycles. The molecule has 2 aromatic carbocycles. The minimum absolute atomic E-state index is 0.00950. The van der Waals surface area contributed by atoms with E-state index in [9.17, 15) is 73.9 Å². The third-order valence-corrected chi connectivity index (χ3v) is 28.2. The molecule has 4 aromatic heterocycles. The summed E-state index contributed by atoms with van der Waals surface area (Å²) in [6.45, 7) is 17.4. The quantitative estimate of drug-likeness (QED) is 0.0714. The third kappa shape index (κ3) is 26.2. The molecule has 10 heterocycles. The van der Waals surface area contributed by atoms with E-state index >= 15 is 8.78 Å². The van der Waals surface area contributed by atoms with E-state index in [1.807, 2.05) is 36.4 Å². The highest BCUT2D eigenvalue weighted by Gasteiger charge is 2.66. The van der Waals surface area contributed by atoms with Gasteiger partial charge in [-0.1, -0.05) is 56.4 Å². The number of ether oxygens (including phenoxy) is 4. The number of ketones is 2. The highest BCUT2D eigenvalue weighted by molar-refractivity contribution is 7.91. The fourth-order valence-corrected chi connectivity index (χ4v) is 20.0. The van der Waals surface area contributed by atoms with Crippen molar-refractivity contribution in [2.75, 3.05) is 32.7 Å². The minimum atomic E-state index is -4.02. The van der Waals surface area contributed by atoms with Gasteiger partial charge in [0.2, 0.25) is 61.4 Å². The summed E-state index contributed by atoms with van der Waals surface area (Å²) in [5, 5.41) is 13.9. The maximum atomic E-state index is 15.3. The Morgan fingerprint density at radius 1 is 0.555 bits per heavy atom. The number of fused-ring (bicyclic) bond motifs is 7. The Labute approximate surface area is 743 Å². The van der Waals surface area contributed by atoms with Crippen LogP contribution in [0.4, 0.5) is 22.4 Å². The number of hydrogen-bond acceptors (Lipinski definition) is 25. The van der Waals surface area contributed by atoms with E-state index < -0.39 is 193 Å². The molecule has 128 heavy (non-hydrogen) atoms. The number of aliphatic imine (C=N–C) groups is 1. The molecule has 4 N–H and O–H groups in total. The number of aromatic nitrogens is 8. The van der Waals surface area contributed by atoms with E-state index in [1.54, 1.807) is 92.3 Å². The number of aliphatic carboxylic acids is 1. The highest BCUT2D eigenvalue weighted by Crippen LogP contribution is 2.62. The van der Waals surface area contributed by atoms with Gasteiger partial charge in [0.25, 0.3) is 0 Å². The molecule has 16 rings (SSSR count). The molecule has 4 aliphatic carbocycles. The zero-order chi connectivity index (χ0) is 92.5. The van der Waals surface area contributed by atoms with Gasteiger partial charge in [0, 0.05) is 114 Å². The molecule has 0 radical (unpaired) electrons. The molecule has 5 saturated heterocycles. The molecule has 10 atom stereocenters. The SMILES string of the molecule is C1CCC2=NCCCN2CC1.Cc1nc2ccccc2nc1O[C@@H]1C[C@H]2C(=O)C[C@]3(C(=O)NS(=O)(=O)C4CC4)C[C@H]3CC(F)(F)CCCCC[C@H](CC(=O)OC(C)(C)C)C(=O)N2C1.Cc1nc2ccccc2nc1O[C@@H]1C[C@H]2C(=O)C[C@]3(C(=O)O)C[C@H]3CC(F)(F)CCCCC[C@H](CC(=O)OC(C)(C)C)C(=O)N2C1.NS(=O)(=O)C1CC1.O=C(n1ccnc1)n1ccnc1. The number of rotatable bonds is 13. The van der Waals surface area contributed by atoms with Crippen molar-refractivity contribution in [3.05, 3.63) is 97.4 Å². The van der Waals surface area contributed by atoms with Crippen LogP contribution in [0.25, 0.3) is 22.1 Å². The van der Waals surface area contributed by atoms with Crippen molar-refractivity contribution in [1.29, 1.82) is 0 Å². The lowest BCUT2D eigenvalue weighted by Crippen LogP contribution is -2.46. The number of carbonyl (C=O) groups excluding carboxylic acids is 8. The van der Waals surface area contributed by atoms with Crippen LogP contribution < -0.4 is 19.3 Å². The molecule has 698 valence electrons. The molecule has 0 spiro atoms. The topological polar surface area (TPSA) is 426 Å². The predicted molar refractivity (Wildman–Crippen MR) is 463 cm³/mol. The number of alkyl halides is 4. The van der Waals surface area contributed by atoms with Gasteiger partial charge in [-0.2, -0.15) is 0 Å². The van der Waals surface area contributed by atoms with Gasteiger partial charge in [-0.15, -0.1) is 0 Å². The molecule has 4 saturated carbocycles. The molecule has 3 amide bonds. The van der Waals surface area contributed by atoms with Crippen molar-refractivity contribution < 1.29 is 102 Å². The van der Waals surface area contributed by atoms with Crippen LogP contribution in [0.2, 0.25) is 0 Å². The van der Waals surface area contributed by atoms with E-state index in [-0.39, 0.29) is 100 Å². The minimum Gasteiger partial charge on any atom is -0.481 e. The predicted octanol–water partition coefficient (Wildman–Crippen LogP) is 12.6. The van der Waals surface area contributed by atoms with Crippen LogP contribution >= 0.6 is 0 Å². The number of carboxylic acid groups (broad SMARTS) is 1. The number of primary sulfonamides is 1. The van der Waals surface area contributed by atoms with Crippen LogP contribution in [-0.4, -0.2) is 225 Å². The molecule has 9 fully saturated rings. The van der Waals surface area contributed by atoms with E-state index in [1.165, 1.54) is 82.6 Å². The van der Waals surface area contributed by atoms with Crippen molar-refractivity contribution in [1.82, 2.24) is 58.5 Å². The first-order chi connectivity index (χ1) is 60.4. The van der Waals surface area contributed by atoms with Crippen molar-refractivity contribution in [2.45, 2.75) is 299 Å². The molecular weight excluding hydrogens is 1710 g/mol. The smallest absolute Gasteiger partial charge is 0.338 e. The number of nitrogens with one attached hydrogen (secondary N) is 1. The first-order valence-electron chi connectivity index (χ1n) is 44.6. The zero-order valence-corrected chi connectivity index (χ0v) is 75.7. The van der Waals surface area contributed by atoms with Gasteiger partial charge in [0.05, 0.1) is 87.2 Å². The van der Waals surface area contributed by atoms with Crippen molar-refractivity contribution in [2.24, 2.45) is 44.6 Å². The number of amidine groups is 1. The Hall–Kier alpha value is -9.98. The first-order valence-corrected chi connectivity index (χ1v) is 47.8. The van der Waals surface area contributed by atoms with Crippen LogP contribution in [0, 0.1) is 48.3 Å². The van der Waals surface area contributed by atoms with E-state index in [0.29, 0.717) is 72.0 Å². The average molecular weight is 1830 g/mol. The largest absolute Gasteiger partial charge is 0.481 e. The maximum Gasteiger partial charge on any atom is 0.338 e. The number of aryl methyl sites for hydroxylation is 2. The van der Waals surface area contributed by atoms with Gasteiger partial charge in [-0.25, -0.2) is 74.2 Å². The number of hydrogen-bond donors (Lipinski definition) is 3. The number of Topliss-reactive ketones (excluding diaryl/α,β-unsaturated/α-hetero) is 2. The third-order valence-electron chi connectivity index (χ3n) is 25.0. The van der Waals surface area contributed by atoms with Crippen molar-refractivity contribution in [3.63, 3.8) is 0 Å². The number of amides is 3. The van der Waals surface area contributed by atoms with Gasteiger partial charge in [0.1, 0.15) is 47.5 Å². The Kier molecular flexibility index (Phi) is 30.8. The Morgan fingerprint density at radius 2 is 0.984 bits per heavy atom. The summed E-state index contributed by atoms with van der Waals surface area (Å²) in [5.74, 6) is -13.2. The number of imidazole rings is 2. The molecule has 0 bridgehead atoms. The number of sulfonamides is 2. The summed E-state index contributed by atoms with van der Waals surface area (Å²) in [4.78, 5) is 156. The summed E-state index contributed by atoms with van der Waals surface area (Å²) in [7, 11) is -7.15. The van der Waals surface area contributed by atoms with E-state index in [0.717, 1.165) is 19.4 Å². The lowest BCUT2D eigenvalue weighted by molar-refractivity contribution is -0.159. The molecule has 32 nitrogen and oxygen atoms in total. The summed E-state index contributed by atoms with van der Waals surface area (Å²) in [6, 6.07) is 12.2. The number of nitrogens with zero attached hydrogens (tertiary/aromatic N) is 12. The Bertz CT molecular complexity index is 5240. The van der Waals surface area contributed by atoms with E-state index in [2.05, 4.69) is 44.5 Å². The molecule has 38 heteroatoms. The molecule has 0 unspecified atom stereocenters. The lowest BCUT2D eigenvalue weighted by atomic mass is 9.89. The lowest BCUT2D eigenvalue weighted by Gasteiger charge is -2.29. The van der Waals surface area contributed by atoms with Crippen LogP contribution in [0.15, 0.2) is 91.0 Å². The van der Waals surface area contributed by atoms with E-state index in [4.69, 9.17) is 24.1 Å². The number of benzene rings is 2. The van der Waals surface area contributed by atoms with Gasteiger partial charge >= 0.3 is 23.9 Å². The second-order valence-corrected chi connectivity index (χ2v) is 41.6. The Balaban J connectivity index is 0.000000175. The summed E-state index contributed by atoms with van der Waals surface area (Å²) in [5.41, 5.74) is -1.26. The number of carbonyl (C=O) groups is 9. The maximum absolute atomic E-state index is 15.3. The second-order valence-electron chi connectivity index (χ2n) is 37.8. The van der Waals surface area contributed by atoms with Gasteiger partial charge in [-0.3, -0.25) is 57.2 Å². The first kappa shape index (κ1) is 97.1. The number of carboxylic acids is 1. The van der Waals surface area contributed by atoms with Crippen LogP contribution in [0.3, 0.4) is 0 Å². The average Bonchev–Trinajstić information content (AvgIpc) is 1.57. The number of esters is 2.